The summed E-state index contributed by atoms with van der Waals surface area (Å²) in [5, 5.41) is 20.7. The van der Waals surface area contributed by atoms with Gasteiger partial charge in [-0.25, -0.2) is 0 Å². The lowest BCUT2D eigenvalue weighted by molar-refractivity contribution is -0.304. The van der Waals surface area contributed by atoms with E-state index in [1.807, 2.05) is 6.92 Å². The van der Waals surface area contributed by atoms with E-state index in [4.69, 9.17) is 16.3 Å². The Morgan fingerprint density at radius 1 is 1.35 bits per heavy atom. The second-order valence-corrected chi connectivity index (χ2v) is 8.48. The molecule has 0 aliphatic heterocycles. The molecular weight excluding hydrogens is 274 g/mol. The molecule has 5 heteroatoms. The molecule has 3 fully saturated rings. The van der Waals surface area contributed by atoms with Crippen molar-refractivity contribution in [3.8, 4) is 0 Å². The fraction of sp³-hybridized carbons (Fsp3) is 1.00. The van der Waals surface area contributed by atoms with Gasteiger partial charge in [-0.2, -0.15) is 0 Å². The van der Waals surface area contributed by atoms with Crippen LogP contribution in [-0.2, 0) is 4.65 Å². The van der Waals surface area contributed by atoms with Crippen LogP contribution >= 0.6 is 11.6 Å². The van der Waals surface area contributed by atoms with Gasteiger partial charge in [0.05, 0.1) is 16.5 Å². The van der Waals surface area contributed by atoms with Gasteiger partial charge in [-0.3, -0.25) is 0 Å². The van der Waals surface area contributed by atoms with Crippen LogP contribution in [0.4, 0.5) is 0 Å². The summed E-state index contributed by atoms with van der Waals surface area (Å²) in [5.74, 6) is 0.969. The third-order valence-electron chi connectivity index (χ3n) is 5.77. The maximum atomic E-state index is 10.8. The molecule has 4 atom stereocenters. The normalized spacial score (nSPS) is 40.4. The summed E-state index contributed by atoms with van der Waals surface area (Å²) in [4.78, 5) is 0. The van der Waals surface area contributed by atoms with Crippen molar-refractivity contribution in [1.29, 1.82) is 0 Å². The fourth-order valence-electron chi connectivity index (χ4n) is 4.27. The van der Waals surface area contributed by atoms with Crippen LogP contribution in [0.5, 0.6) is 0 Å². The van der Waals surface area contributed by atoms with E-state index in [-0.39, 0.29) is 5.41 Å². The van der Waals surface area contributed by atoms with Crippen LogP contribution in [0.15, 0.2) is 0 Å². The van der Waals surface area contributed by atoms with Gasteiger partial charge >= 0.3 is 7.12 Å². The van der Waals surface area contributed by atoms with E-state index in [9.17, 15) is 10.1 Å². The Morgan fingerprint density at radius 3 is 2.40 bits per heavy atom. The van der Waals surface area contributed by atoms with Crippen LogP contribution in [-0.4, -0.2) is 33.7 Å². The molecular formula is C15H28BClO3. The molecule has 0 aromatic carbocycles. The molecule has 3 aliphatic rings. The highest BCUT2D eigenvalue weighted by molar-refractivity contribution is 6.58. The Kier molecular flexibility index (Phi) is 4.28. The first-order chi connectivity index (χ1) is 9.03. The van der Waals surface area contributed by atoms with E-state index < -0.39 is 23.6 Å². The fourth-order valence-corrected chi connectivity index (χ4v) is 4.68. The summed E-state index contributed by atoms with van der Waals surface area (Å²) < 4.78 is 6.01. The highest BCUT2D eigenvalue weighted by Gasteiger charge is 2.71. The molecule has 3 unspecified atom stereocenters. The molecule has 116 valence electrons. The number of aliphatic hydroxyl groups is 1. The van der Waals surface area contributed by atoms with Crippen molar-refractivity contribution in [1.82, 2.24) is 0 Å². The van der Waals surface area contributed by atoms with Crippen molar-refractivity contribution in [3.05, 3.63) is 0 Å². The number of hydrogen-bond acceptors (Lipinski definition) is 3. The van der Waals surface area contributed by atoms with E-state index in [2.05, 4.69) is 27.7 Å². The minimum atomic E-state index is -1.02. The zero-order chi connectivity index (χ0) is 15.3. The number of hydrogen-bond donors (Lipinski definition) is 2. The van der Waals surface area contributed by atoms with Gasteiger partial charge < -0.3 is 14.8 Å². The summed E-state index contributed by atoms with van der Waals surface area (Å²) in [7, 11) is -1.02. The molecule has 0 heterocycles. The first-order valence-corrected chi connectivity index (χ1v) is 8.19. The van der Waals surface area contributed by atoms with Crippen molar-refractivity contribution in [2.45, 2.75) is 76.8 Å². The lowest BCUT2D eigenvalue weighted by Gasteiger charge is -2.71. The molecule has 0 saturated heterocycles. The molecule has 3 aliphatic carbocycles. The summed E-state index contributed by atoms with van der Waals surface area (Å²) in [6, 6.07) is 0. The predicted molar refractivity (Wildman–Crippen MR) is 82.6 cm³/mol. The largest absolute Gasteiger partial charge is 0.473 e. The molecule has 20 heavy (non-hydrogen) atoms. The van der Waals surface area contributed by atoms with Crippen LogP contribution in [0.2, 0.25) is 0 Å². The van der Waals surface area contributed by atoms with Gasteiger partial charge in [-0.15, -0.1) is 11.6 Å². The predicted octanol–water partition coefficient (Wildman–Crippen LogP) is 3.01. The summed E-state index contributed by atoms with van der Waals surface area (Å²) in [6.45, 7) is 10.2. The molecule has 2 N–H and O–H groups in total. The Morgan fingerprint density at radius 2 is 1.95 bits per heavy atom. The van der Waals surface area contributed by atoms with E-state index in [0.717, 1.165) is 19.3 Å². The molecule has 0 spiro atoms. The minimum absolute atomic E-state index is 0.121. The van der Waals surface area contributed by atoms with Gasteiger partial charge in [-0.1, -0.05) is 27.7 Å². The van der Waals surface area contributed by atoms with Crippen molar-refractivity contribution in [2.75, 3.05) is 0 Å². The molecule has 0 amide bonds. The monoisotopic (exact) mass is 302 g/mol. The van der Waals surface area contributed by atoms with Gasteiger partial charge in [-0.05, 0) is 49.9 Å². The molecule has 0 aromatic heterocycles. The van der Waals surface area contributed by atoms with E-state index in [1.165, 1.54) is 0 Å². The van der Waals surface area contributed by atoms with E-state index in [1.54, 1.807) is 0 Å². The molecule has 2 bridgehead atoms. The van der Waals surface area contributed by atoms with Gasteiger partial charge in [0.2, 0.25) is 0 Å². The first kappa shape index (κ1) is 16.6. The van der Waals surface area contributed by atoms with Crippen molar-refractivity contribution >= 4 is 18.7 Å². The Balaban J connectivity index is 2.13. The zero-order valence-corrected chi connectivity index (χ0v) is 14.1. The van der Waals surface area contributed by atoms with Crippen LogP contribution in [0, 0.1) is 17.3 Å². The van der Waals surface area contributed by atoms with Crippen molar-refractivity contribution < 1.29 is 14.8 Å². The van der Waals surface area contributed by atoms with Gasteiger partial charge in [0.25, 0.3) is 0 Å². The summed E-state index contributed by atoms with van der Waals surface area (Å²) in [5.41, 5.74) is -1.70. The van der Waals surface area contributed by atoms with E-state index >= 15 is 0 Å². The number of alkyl halides is 1. The van der Waals surface area contributed by atoms with Crippen LogP contribution in [0.25, 0.3) is 0 Å². The van der Waals surface area contributed by atoms with Crippen molar-refractivity contribution in [3.63, 3.8) is 0 Å². The van der Waals surface area contributed by atoms with Gasteiger partial charge in [0.15, 0.2) is 0 Å². The lowest BCUT2D eigenvalue weighted by atomic mass is 9.40. The Labute approximate surface area is 128 Å². The van der Waals surface area contributed by atoms with Crippen LogP contribution in [0.3, 0.4) is 0 Å². The SMILES string of the molecule is CC(C)C[C@@H](Cl)B(O)OC12CC(CCC1(C)O)C2(C)C. The topological polar surface area (TPSA) is 49.7 Å². The van der Waals surface area contributed by atoms with Gasteiger partial charge in [0, 0.05) is 0 Å². The quantitative estimate of drug-likeness (QED) is 0.606. The lowest BCUT2D eigenvalue weighted by Crippen LogP contribution is -2.77. The molecule has 0 radical (unpaired) electrons. The van der Waals surface area contributed by atoms with Crippen LogP contribution in [0.1, 0.15) is 60.3 Å². The second kappa shape index (κ2) is 5.15. The third-order valence-corrected chi connectivity index (χ3v) is 6.17. The average molecular weight is 303 g/mol. The summed E-state index contributed by atoms with van der Waals surface area (Å²) in [6.07, 6.45) is 3.27. The molecule has 3 rings (SSSR count). The maximum absolute atomic E-state index is 10.8. The summed E-state index contributed by atoms with van der Waals surface area (Å²) >= 11 is 6.25. The maximum Gasteiger partial charge on any atom is 0.473 e. The van der Waals surface area contributed by atoms with Crippen molar-refractivity contribution in [2.24, 2.45) is 17.3 Å². The molecule has 3 nitrogen and oxygen atoms in total. The Hall–Kier alpha value is 0.235. The van der Waals surface area contributed by atoms with Crippen LogP contribution < -0.4 is 0 Å². The minimum Gasteiger partial charge on any atom is -0.426 e. The number of rotatable bonds is 5. The average Bonchev–Trinajstić information content (AvgIpc) is 2.29. The smallest absolute Gasteiger partial charge is 0.426 e. The first-order valence-electron chi connectivity index (χ1n) is 7.76. The highest BCUT2D eigenvalue weighted by atomic mass is 35.5. The highest BCUT2D eigenvalue weighted by Crippen LogP contribution is 2.67. The number of fused-ring (bicyclic) bond motifs is 2. The zero-order valence-electron chi connectivity index (χ0n) is 13.3. The second-order valence-electron chi connectivity index (χ2n) is 7.92. The Bertz CT molecular complexity index is 362. The standard InChI is InChI=1S/C15H28BClO3/c1-10(2)8-12(17)16(19)20-15-9-11(13(15,3)4)6-7-14(15,5)18/h10-12,18-19H,6-9H2,1-5H3/t11?,12-,14?,15?/m1/s1. The van der Waals surface area contributed by atoms with E-state index in [0.29, 0.717) is 18.3 Å². The van der Waals surface area contributed by atoms with Gasteiger partial charge in [0.1, 0.15) is 0 Å². The number of halogens is 1. The molecule has 0 aromatic rings. The molecule has 3 saturated carbocycles. The third kappa shape index (κ3) is 2.33.